The number of nitrogens with zero attached hydrogens (tertiary/aromatic N) is 3. The lowest BCUT2D eigenvalue weighted by molar-refractivity contribution is 0.102. The summed E-state index contributed by atoms with van der Waals surface area (Å²) in [5.41, 5.74) is 4.25. The van der Waals surface area contributed by atoms with Crippen molar-refractivity contribution in [1.82, 2.24) is 14.6 Å². The Morgan fingerprint density at radius 1 is 1.11 bits per heavy atom. The first-order valence-electron chi connectivity index (χ1n) is 8.51. The van der Waals surface area contributed by atoms with Gasteiger partial charge in [0, 0.05) is 32.7 Å². The van der Waals surface area contributed by atoms with Crippen molar-refractivity contribution in [2.24, 2.45) is 0 Å². The van der Waals surface area contributed by atoms with Gasteiger partial charge in [0.1, 0.15) is 5.69 Å². The smallest absolute Gasteiger partial charge is 0.256 e. The molecule has 1 N–H and O–H groups in total. The third-order valence-corrected chi connectivity index (χ3v) is 6.41. The van der Waals surface area contributed by atoms with Gasteiger partial charge in [0.2, 0.25) is 0 Å². The van der Waals surface area contributed by atoms with Crippen LogP contribution in [0.15, 0.2) is 64.2 Å². The molecule has 0 aliphatic rings. The average molecular weight is 425 g/mol. The van der Waals surface area contributed by atoms with Gasteiger partial charge in [-0.2, -0.15) is 0 Å². The first-order chi connectivity index (χ1) is 13.7. The van der Waals surface area contributed by atoms with Crippen LogP contribution in [-0.2, 0) is 5.75 Å². The minimum absolute atomic E-state index is 0.124. The highest BCUT2D eigenvalue weighted by Gasteiger charge is 2.13. The molecule has 5 nitrogen and oxygen atoms in total. The van der Waals surface area contributed by atoms with Crippen molar-refractivity contribution < 1.29 is 4.79 Å². The highest BCUT2D eigenvalue weighted by Crippen LogP contribution is 2.28. The van der Waals surface area contributed by atoms with Crippen LogP contribution in [0.1, 0.15) is 21.1 Å². The number of nitrogens with one attached hydrogen (secondary N) is 1. The first-order valence-corrected chi connectivity index (χ1v) is 11.2. The van der Waals surface area contributed by atoms with Crippen LogP contribution >= 0.6 is 34.6 Å². The number of hydrogen-bond acceptors (Lipinski definition) is 7. The molecule has 0 radical (unpaired) electrons. The molecule has 0 spiro atoms. The third-order valence-electron chi connectivity index (χ3n) is 3.97. The molecule has 0 aliphatic carbocycles. The maximum absolute atomic E-state index is 12.8. The fourth-order valence-electron chi connectivity index (χ4n) is 2.62. The molecule has 4 rings (SSSR count). The van der Waals surface area contributed by atoms with Crippen LogP contribution in [0.5, 0.6) is 0 Å². The molecular formula is C20H16N4OS3. The van der Waals surface area contributed by atoms with Crippen molar-refractivity contribution in [3.05, 3.63) is 75.6 Å². The van der Waals surface area contributed by atoms with E-state index in [1.807, 2.05) is 60.8 Å². The topological polar surface area (TPSA) is 67.8 Å². The van der Waals surface area contributed by atoms with E-state index < -0.39 is 0 Å². The van der Waals surface area contributed by atoms with Gasteiger partial charge >= 0.3 is 0 Å². The summed E-state index contributed by atoms with van der Waals surface area (Å²) in [7, 11) is 0. The summed E-state index contributed by atoms with van der Waals surface area (Å²) in [6.07, 6.45) is 0. The Bertz CT molecular complexity index is 1080. The molecule has 0 fully saturated rings. The molecule has 2 aromatic carbocycles. The summed E-state index contributed by atoms with van der Waals surface area (Å²) >= 11 is 4.58. The van der Waals surface area contributed by atoms with Gasteiger partial charge in [-0.25, -0.2) is 4.98 Å². The number of rotatable bonds is 6. The number of amides is 1. The van der Waals surface area contributed by atoms with Crippen molar-refractivity contribution in [2.45, 2.75) is 17.6 Å². The van der Waals surface area contributed by atoms with Crippen molar-refractivity contribution in [2.75, 3.05) is 5.32 Å². The number of benzene rings is 2. The van der Waals surface area contributed by atoms with E-state index in [4.69, 9.17) is 0 Å². The van der Waals surface area contributed by atoms with Crippen LogP contribution < -0.4 is 5.32 Å². The van der Waals surface area contributed by atoms with Crippen LogP contribution in [0.4, 0.5) is 5.69 Å². The molecule has 1 amide bonds. The van der Waals surface area contributed by atoms with E-state index in [9.17, 15) is 4.79 Å². The second-order valence-electron chi connectivity index (χ2n) is 5.96. The standard InChI is InChI=1S/C20H16N4OS3/c1-13-21-16(10-26-13)11-27-19-5-3-2-4-17(19)20(25)22-15-8-6-14(7-9-15)18-12-28-24-23-18/h2-10,12H,11H2,1H3,(H,22,25). The normalized spacial score (nSPS) is 10.8. The fourth-order valence-corrected chi connectivity index (χ4v) is 4.75. The second kappa shape index (κ2) is 8.64. The van der Waals surface area contributed by atoms with Crippen LogP contribution in [0.3, 0.4) is 0 Å². The van der Waals surface area contributed by atoms with Crippen LogP contribution in [0, 0.1) is 6.92 Å². The third kappa shape index (κ3) is 4.46. The number of anilines is 1. The largest absolute Gasteiger partial charge is 0.322 e. The summed E-state index contributed by atoms with van der Waals surface area (Å²) < 4.78 is 3.88. The minimum atomic E-state index is -0.124. The Labute approximate surface area is 175 Å². The minimum Gasteiger partial charge on any atom is -0.322 e. The molecule has 0 bridgehead atoms. The van der Waals surface area contributed by atoms with E-state index in [1.165, 1.54) is 11.5 Å². The molecule has 2 aromatic heterocycles. The Hall–Kier alpha value is -2.55. The van der Waals surface area contributed by atoms with Crippen molar-refractivity contribution in [3.63, 3.8) is 0 Å². The number of thiazole rings is 1. The summed E-state index contributed by atoms with van der Waals surface area (Å²) in [6, 6.07) is 15.2. The van der Waals surface area contributed by atoms with Crippen LogP contribution in [0.2, 0.25) is 0 Å². The summed E-state index contributed by atoms with van der Waals surface area (Å²) in [6.45, 7) is 2.00. The molecule has 0 saturated carbocycles. The Kier molecular flexibility index (Phi) is 5.80. The number of aromatic nitrogens is 3. The summed E-state index contributed by atoms with van der Waals surface area (Å²) in [4.78, 5) is 18.2. The van der Waals surface area contributed by atoms with E-state index in [2.05, 4.69) is 25.3 Å². The molecule has 4 aromatic rings. The Morgan fingerprint density at radius 2 is 1.93 bits per heavy atom. The molecule has 140 valence electrons. The van der Waals surface area contributed by atoms with Crippen molar-refractivity contribution in [1.29, 1.82) is 0 Å². The quantitative estimate of drug-likeness (QED) is 0.413. The number of carbonyl (C=O) groups is 1. The molecule has 2 heterocycles. The van der Waals surface area contributed by atoms with Crippen LogP contribution in [-0.4, -0.2) is 20.5 Å². The highest BCUT2D eigenvalue weighted by atomic mass is 32.2. The molecule has 0 aliphatic heterocycles. The molecule has 0 saturated heterocycles. The van der Waals surface area contributed by atoms with Gasteiger partial charge in [0.15, 0.2) is 0 Å². The van der Waals surface area contributed by atoms with E-state index in [0.717, 1.165) is 38.3 Å². The number of hydrogen-bond donors (Lipinski definition) is 1. The van der Waals surface area contributed by atoms with Gasteiger partial charge in [-0.1, -0.05) is 28.8 Å². The second-order valence-corrected chi connectivity index (χ2v) is 8.65. The van der Waals surface area contributed by atoms with Gasteiger partial charge in [-0.3, -0.25) is 4.79 Å². The number of thioether (sulfide) groups is 1. The first kappa shape index (κ1) is 18.8. The number of carbonyl (C=O) groups excluding carboxylic acids is 1. The zero-order chi connectivity index (χ0) is 19.3. The lowest BCUT2D eigenvalue weighted by Gasteiger charge is -2.10. The Balaban J connectivity index is 1.46. The van der Waals surface area contributed by atoms with E-state index in [1.54, 1.807) is 23.1 Å². The van der Waals surface area contributed by atoms with Crippen LogP contribution in [0.25, 0.3) is 11.3 Å². The molecule has 0 unspecified atom stereocenters. The van der Waals surface area contributed by atoms with E-state index >= 15 is 0 Å². The molecule has 8 heteroatoms. The van der Waals surface area contributed by atoms with E-state index in [0.29, 0.717) is 5.56 Å². The predicted molar refractivity (Wildman–Crippen MR) is 116 cm³/mol. The maximum atomic E-state index is 12.8. The molecule has 0 atom stereocenters. The fraction of sp³-hybridized carbons (Fsp3) is 0.100. The average Bonchev–Trinajstić information content (AvgIpc) is 3.39. The highest BCUT2D eigenvalue weighted by molar-refractivity contribution is 7.98. The lowest BCUT2D eigenvalue weighted by Crippen LogP contribution is -2.12. The molecular weight excluding hydrogens is 408 g/mol. The van der Waals surface area contributed by atoms with Gasteiger partial charge in [0.25, 0.3) is 5.91 Å². The van der Waals surface area contributed by atoms with E-state index in [-0.39, 0.29) is 5.91 Å². The summed E-state index contributed by atoms with van der Waals surface area (Å²) in [5.74, 6) is 0.617. The maximum Gasteiger partial charge on any atom is 0.256 e. The lowest BCUT2D eigenvalue weighted by atomic mass is 10.1. The zero-order valence-corrected chi connectivity index (χ0v) is 17.4. The Morgan fingerprint density at radius 3 is 2.64 bits per heavy atom. The van der Waals surface area contributed by atoms with Gasteiger partial charge < -0.3 is 5.32 Å². The number of aryl methyl sites for hydroxylation is 1. The summed E-state index contributed by atoms with van der Waals surface area (Å²) in [5, 5.41) is 12.0. The zero-order valence-electron chi connectivity index (χ0n) is 15.0. The van der Waals surface area contributed by atoms with Gasteiger partial charge in [-0.15, -0.1) is 28.2 Å². The van der Waals surface area contributed by atoms with Crippen molar-refractivity contribution >= 4 is 46.2 Å². The monoisotopic (exact) mass is 424 g/mol. The van der Waals surface area contributed by atoms with Gasteiger partial charge in [-0.05, 0) is 42.7 Å². The predicted octanol–water partition coefficient (Wildman–Crippen LogP) is 5.51. The van der Waals surface area contributed by atoms with Crippen molar-refractivity contribution in [3.8, 4) is 11.3 Å². The van der Waals surface area contributed by atoms with Gasteiger partial charge in [0.05, 0.1) is 16.3 Å². The molecule has 28 heavy (non-hydrogen) atoms. The SMILES string of the molecule is Cc1nc(CSc2ccccc2C(=O)Nc2ccc(-c3csnn3)cc2)cs1.